The zero-order chi connectivity index (χ0) is 12.7. The maximum atomic E-state index is 11.1. The van der Waals surface area contributed by atoms with Crippen LogP contribution in [0.15, 0.2) is 29.2 Å². The van der Waals surface area contributed by atoms with Crippen LogP contribution < -0.4 is 5.48 Å². The molecular formula is C10H12N2O2S3. The number of rotatable bonds is 6. The number of carbonyl (C=O) groups is 1. The van der Waals surface area contributed by atoms with Crippen molar-refractivity contribution in [2.24, 2.45) is 0 Å². The molecule has 0 fully saturated rings. The van der Waals surface area contributed by atoms with Gasteiger partial charge in [-0.25, -0.2) is 5.48 Å². The molecule has 0 aliphatic heterocycles. The van der Waals surface area contributed by atoms with Gasteiger partial charge in [0.1, 0.15) is 0 Å². The van der Waals surface area contributed by atoms with E-state index in [1.807, 2.05) is 12.1 Å². The van der Waals surface area contributed by atoms with Gasteiger partial charge in [0.15, 0.2) is 0 Å². The summed E-state index contributed by atoms with van der Waals surface area (Å²) in [4.78, 5) is 12.1. The van der Waals surface area contributed by atoms with Crippen LogP contribution in [0, 0.1) is 5.41 Å². The number of hydroxylamine groups is 1. The molecule has 0 bridgehead atoms. The third-order valence-electron chi connectivity index (χ3n) is 1.80. The maximum Gasteiger partial charge on any atom is 0.274 e. The standard InChI is InChI=1S/C10H12N2O2S3/c11-9(15)5-6-16-17-8-3-1-7(2-4-8)10(13)12-14/h1-4,14H,5-6H2,(H2,11,15)(H,12,13). The van der Waals surface area contributed by atoms with E-state index in [2.05, 4.69) is 12.6 Å². The fourth-order valence-electron chi connectivity index (χ4n) is 0.974. The predicted molar refractivity (Wildman–Crippen MR) is 75.3 cm³/mol. The van der Waals surface area contributed by atoms with Gasteiger partial charge in [-0.2, -0.15) is 0 Å². The predicted octanol–water partition coefficient (Wildman–Crippen LogP) is 2.84. The smallest absolute Gasteiger partial charge is 0.274 e. The second kappa shape index (κ2) is 7.65. The van der Waals surface area contributed by atoms with Gasteiger partial charge >= 0.3 is 0 Å². The molecule has 0 atom stereocenters. The van der Waals surface area contributed by atoms with Crippen LogP contribution in [0.5, 0.6) is 0 Å². The summed E-state index contributed by atoms with van der Waals surface area (Å²) in [6.45, 7) is 0. The number of amides is 1. The fourth-order valence-corrected chi connectivity index (χ4v) is 3.23. The van der Waals surface area contributed by atoms with Crippen LogP contribution in [-0.4, -0.2) is 21.9 Å². The lowest BCUT2D eigenvalue weighted by Crippen LogP contribution is -2.18. The van der Waals surface area contributed by atoms with Crippen molar-refractivity contribution in [1.29, 1.82) is 5.41 Å². The van der Waals surface area contributed by atoms with Crippen molar-refractivity contribution in [2.75, 3.05) is 5.75 Å². The van der Waals surface area contributed by atoms with E-state index in [0.29, 0.717) is 17.0 Å². The Balaban J connectivity index is 2.40. The molecule has 1 amide bonds. The summed E-state index contributed by atoms with van der Waals surface area (Å²) < 4.78 is 0. The zero-order valence-corrected chi connectivity index (χ0v) is 11.4. The van der Waals surface area contributed by atoms with Gasteiger partial charge in [-0.15, -0.1) is 12.6 Å². The van der Waals surface area contributed by atoms with Crippen molar-refractivity contribution in [1.82, 2.24) is 5.48 Å². The molecule has 0 spiro atoms. The summed E-state index contributed by atoms with van der Waals surface area (Å²) in [6.07, 6.45) is 0.659. The molecule has 0 saturated carbocycles. The Hall–Kier alpha value is -0.630. The summed E-state index contributed by atoms with van der Waals surface area (Å²) in [5, 5.41) is 16.0. The van der Waals surface area contributed by atoms with Crippen molar-refractivity contribution in [3.8, 4) is 0 Å². The average molecular weight is 288 g/mol. The van der Waals surface area contributed by atoms with E-state index in [-0.39, 0.29) is 0 Å². The molecule has 92 valence electrons. The van der Waals surface area contributed by atoms with E-state index in [0.717, 1.165) is 10.6 Å². The molecule has 4 nitrogen and oxygen atoms in total. The highest BCUT2D eigenvalue weighted by Crippen LogP contribution is 2.31. The summed E-state index contributed by atoms with van der Waals surface area (Å²) >= 11 is 3.90. The van der Waals surface area contributed by atoms with Crippen molar-refractivity contribution in [2.45, 2.75) is 11.3 Å². The molecule has 0 radical (unpaired) electrons. The van der Waals surface area contributed by atoms with Crippen LogP contribution in [0.3, 0.4) is 0 Å². The Labute approximate surface area is 113 Å². The monoisotopic (exact) mass is 288 g/mol. The molecule has 0 aromatic heterocycles. The Morgan fingerprint density at radius 2 is 2.06 bits per heavy atom. The average Bonchev–Trinajstić information content (AvgIpc) is 2.34. The van der Waals surface area contributed by atoms with Crippen LogP contribution in [0.1, 0.15) is 16.8 Å². The molecule has 7 heteroatoms. The first kappa shape index (κ1) is 14.4. The second-order valence-electron chi connectivity index (χ2n) is 3.07. The second-order valence-corrected chi connectivity index (χ2v) is 6.10. The molecule has 0 heterocycles. The molecule has 3 N–H and O–H groups in total. The molecule has 0 saturated heterocycles. The number of thiol groups is 1. The lowest BCUT2D eigenvalue weighted by atomic mass is 10.2. The quantitative estimate of drug-likeness (QED) is 0.123. The largest absolute Gasteiger partial charge is 0.299 e. The highest BCUT2D eigenvalue weighted by molar-refractivity contribution is 8.76. The molecule has 0 unspecified atom stereocenters. The van der Waals surface area contributed by atoms with Gasteiger partial charge in [0.2, 0.25) is 0 Å². The number of carbonyl (C=O) groups excluding carboxylic acids is 1. The number of hydrogen-bond acceptors (Lipinski definition) is 5. The van der Waals surface area contributed by atoms with Gasteiger partial charge in [0, 0.05) is 22.6 Å². The highest BCUT2D eigenvalue weighted by atomic mass is 33.1. The molecule has 1 aromatic rings. The SMILES string of the molecule is N=C(S)CCSSc1ccc(C(=O)NO)cc1. The fraction of sp³-hybridized carbons (Fsp3) is 0.200. The van der Waals surface area contributed by atoms with E-state index >= 15 is 0 Å². The lowest BCUT2D eigenvalue weighted by molar-refractivity contribution is 0.0706. The van der Waals surface area contributed by atoms with Crippen molar-refractivity contribution >= 4 is 45.2 Å². The van der Waals surface area contributed by atoms with E-state index in [4.69, 9.17) is 10.6 Å². The van der Waals surface area contributed by atoms with Crippen molar-refractivity contribution < 1.29 is 10.0 Å². The van der Waals surface area contributed by atoms with E-state index in [9.17, 15) is 4.79 Å². The molecule has 1 rings (SSSR count). The Bertz CT molecular complexity index is 395. The maximum absolute atomic E-state index is 11.1. The van der Waals surface area contributed by atoms with Crippen molar-refractivity contribution in [3.05, 3.63) is 29.8 Å². The highest BCUT2D eigenvalue weighted by Gasteiger charge is 2.03. The minimum atomic E-state index is -0.516. The van der Waals surface area contributed by atoms with E-state index < -0.39 is 5.91 Å². The molecular weight excluding hydrogens is 276 g/mol. The zero-order valence-electron chi connectivity index (χ0n) is 8.84. The minimum absolute atomic E-state index is 0.382. The molecule has 0 aliphatic carbocycles. The number of hydrogen-bond donors (Lipinski definition) is 4. The summed E-state index contributed by atoms with van der Waals surface area (Å²) in [5.41, 5.74) is 2.00. The third kappa shape index (κ3) is 5.49. The number of nitrogens with one attached hydrogen (secondary N) is 2. The minimum Gasteiger partial charge on any atom is -0.299 e. The van der Waals surface area contributed by atoms with Crippen LogP contribution in [0.2, 0.25) is 0 Å². The van der Waals surface area contributed by atoms with Crippen LogP contribution in [0.4, 0.5) is 0 Å². The molecule has 17 heavy (non-hydrogen) atoms. The lowest BCUT2D eigenvalue weighted by Gasteiger charge is -2.02. The van der Waals surface area contributed by atoms with Gasteiger partial charge in [-0.05, 0) is 24.3 Å². The Morgan fingerprint density at radius 3 is 2.59 bits per heavy atom. The Morgan fingerprint density at radius 1 is 1.41 bits per heavy atom. The van der Waals surface area contributed by atoms with E-state index in [1.165, 1.54) is 0 Å². The van der Waals surface area contributed by atoms with Gasteiger partial charge < -0.3 is 0 Å². The summed E-state index contributed by atoms with van der Waals surface area (Å²) in [7, 11) is 3.21. The van der Waals surface area contributed by atoms with Gasteiger partial charge in [-0.3, -0.25) is 15.4 Å². The first-order valence-electron chi connectivity index (χ1n) is 4.74. The topological polar surface area (TPSA) is 73.2 Å². The van der Waals surface area contributed by atoms with Crippen LogP contribution in [-0.2, 0) is 0 Å². The molecule has 0 aliphatic rings. The third-order valence-corrected chi connectivity index (χ3v) is 4.40. The van der Waals surface area contributed by atoms with Crippen LogP contribution in [0.25, 0.3) is 0 Å². The summed E-state index contributed by atoms with van der Waals surface area (Å²) in [5.74, 6) is 0.309. The first-order valence-corrected chi connectivity index (χ1v) is 7.50. The van der Waals surface area contributed by atoms with Gasteiger partial charge in [-0.1, -0.05) is 21.6 Å². The Kier molecular flexibility index (Phi) is 6.49. The normalized spacial score (nSPS) is 10.0. The van der Waals surface area contributed by atoms with E-state index in [1.54, 1.807) is 39.2 Å². The number of benzene rings is 1. The molecule has 1 aromatic carbocycles. The van der Waals surface area contributed by atoms with Gasteiger partial charge in [0.05, 0.1) is 5.04 Å². The summed E-state index contributed by atoms with van der Waals surface area (Å²) in [6, 6.07) is 6.92. The van der Waals surface area contributed by atoms with Gasteiger partial charge in [0.25, 0.3) is 5.91 Å². The van der Waals surface area contributed by atoms with Crippen molar-refractivity contribution in [3.63, 3.8) is 0 Å². The first-order chi connectivity index (χ1) is 8.13. The van der Waals surface area contributed by atoms with Crippen LogP contribution >= 0.6 is 34.2 Å².